The highest BCUT2D eigenvalue weighted by molar-refractivity contribution is 5.90. The second kappa shape index (κ2) is 5.42. The average molecular weight is 247 g/mol. The summed E-state index contributed by atoms with van der Waals surface area (Å²) in [6.07, 6.45) is 4.43. The zero-order valence-electron chi connectivity index (χ0n) is 11.1. The normalized spacial score (nSPS) is 23.7. The molecule has 2 unspecified atom stereocenters. The smallest absolute Gasteiger partial charge is 0.338 e. The molecule has 1 aliphatic rings. The number of ether oxygens (including phenoxy) is 1. The predicted molar refractivity (Wildman–Crippen MR) is 72.4 cm³/mol. The van der Waals surface area contributed by atoms with Crippen LogP contribution in [0.15, 0.2) is 18.2 Å². The SMILES string of the molecule is Cc1ccc(C(=O)OC2CCCC(C)C2)cc1N. The number of hydrogen-bond acceptors (Lipinski definition) is 3. The lowest BCUT2D eigenvalue weighted by atomic mass is 9.89. The Balaban J connectivity index is 2.00. The van der Waals surface area contributed by atoms with Gasteiger partial charge in [0.15, 0.2) is 0 Å². The molecular formula is C15H21NO2. The van der Waals surface area contributed by atoms with Gasteiger partial charge in [-0.1, -0.05) is 19.4 Å². The Bertz CT molecular complexity index is 442. The summed E-state index contributed by atoms with van der Waals surface area (Å²) >= 11 is 0. The number of nitrogens with two attached hydrogens (primary N) is 1. The van der Waals surface area contributed by atoms with Gasteiger partial charge in [0.2, 0.25) is 0 Å². The number of esters is 1. The van der Waals surface area contributed by atoms with Crippen LogP contribution in [0.5, 0.6) is 0 Å². The first-order valence-corrected chi connectivity index (χ1v) is 6.63. The summed E-state index contributed by atoms with van der Waals surface area (Å²) in [5.41, 5.74) is 7.98. The van der Waals surface area contributed by atoms with Crippen LogP contribution in [0.2, 0.25) is 0 Å². The van der Waals surface area contributed by atoms with E-state index < -0.39 is 0 Å². The fourth-order valence-electron chi connectivity index (χ4n) is 2.47. The Morgan fingerprint density at radius 2 is 2.17 bits per heavy atom. The first kappa shape index (κ1) is 12.9. The molecule has 0 radical (unpaired) electrons. The van der Waals surface area contributed by atoms with Gasteiger partial charge in [0, 0.05) is 5.69 Å². The van der Waals surface area contributed by atoms with Crippen molar-refractivity contribution in [2.24, 2.45) is 5.92 Å². The minimum atomic E-state index is -0.249. The van der Waals surface area contributed by atoms with Crippen LogP contribution in [0.25, 0.3) is 0 Å². The summed E-state index contributed by atoms with van der Waals surface area (Å²) in [6.45, 7) is 4.14. The summed E-state index contributed by atoms with van der Waals surface area (Å²) in [6, 6.07) is 5.33. The van der Waals surface area contributed by atoms with Gasteiger partial charge in [-0.25, -0.2) is 4.79 Å². The molecule has 0 bridgehead atoms. The van der Waals surface area contributed by atoms with E-state index in [0.717, 1.165) is 24.8 Å². The highest BCUT2D eigenvalue weighted by Crippen LogP contribution is 2.26. The number of carbonyl (C=O) groups is 1. The molecule has 0 saturated heterocycles. The van der Waals surface area contributed by atoms with Gasteiger partial charge in [-0.05, 0) is 49.8 Å². The van der Waals surface area contributed by atoms with Crippen molar-refractivity contribution < 1.29 is 9.53 Å². The fraction of sp³-hybridized carbons (Fsp3) is 0.533. The lowest BCUT2D eigenvalue weighted by molar-refractivity contribution is 0.0155. The molecule has 3 nitrogen and oxygen atoms in total. The van der Waals surface area contributed by atoms with Crippen molar-refractivity contribution in [1.82, 2.24) is 0 Å². The first-order valence-electron chi connectivity index (χ1n) is 6.63. The van der Waals surface area contributed by atoms with E-state index in [-0.39, 0.29) is 12.1 Å². The number of aryl methyl sites for hydroxylation is 1. The van der Waals surface area contributed by atoms with Gasteiger partial charge in [-0.15, -0.1) is 0 Å². The van der Waals surface area contributed by atoms with Crippen LogP contribution < -0.4 is 5.73 Å². The molecule has 3 heteroatoms. The van der Waals surface area contributed by atoms with E-state index in [1.54, 1.807) is 12.1 Å². The molecule has 1 fully saturated rings. The molecule has 0 heterocycles. The maximum Gasteiger partial charge on any atom is 0.338 e. The topological polar surface area (TPSA) is 52.3 Å². The molecule has 0 spiro atoms. The Hall–Kier alpha value is -1.51. The summed E-state index contributed by atoms with van der Waals surface area (Å²) in [7, 11) is 0. The number of anilines is 1. The van der Waals surface area contributed by atoms with E-state index in [1.165, 1.54) is 6.42 Å². The molecule has 98 valence electrons. The van der Waals surface area contributed by atoms with Crippen LogP contribution in [0, 0.1) is 12.8 Å². The molecule has 1 aromatic carbocycles. The Labute approximate surface area is 108 Å². The molecule has 1 aromatic rings. The van der Waals surface area contributed by atoms with Crippen molar-refractivity contribution in [3.8, 4) is 0 Å². The zero-order valence-corrected chi connectivity index (χ0v) is 11.1. The molecule has 1 saturated carbocycles. The van der Waals surface area contributed by atoms with E-state index in [0.29, 0.717) is 17.2 Å². The summed E-state index contributed by atoms with van der Waals surface area (Å²) in [5.74, 6) is 0.403. The maximum atomic E-state index is 12.0. The van der Waals surface area contributed by atoms with E-state index in [9.17, 15) is 4.79 Å². The first-order chi connectivity index (χ1) is 8.56. The van der Waals surface area contributed by atoms with E-state index in [2.05, 4.69) is 6.92 Å². The highest BCUT2D eigenvalue weighted by Gasteiger charge is 2.22. The molecule has 0 aromatic heterocycles. The molecule has 1 aliphatic carbocycles. The van der Waals surface area contributed by atoms with E-state index >= 15 is 0 Å². The zero-order chi connectivity index (χ0) is 13.1. The average Bonchev–Trinajstić information content (AvgIpc) is 2.32. The van der Waals surface area contributed by atoms with Gasteiger partial charge in [0.05, 0.1) is 5.56 Å². The Kier molecular flexibility index (Phi) is 3.90. The summed E-state index contributed by atoms with van der Waals surface area (Å²) < 4.78 is 5.55. The third-order valence-electron chi connectivity index (χ3n) is 3.68. The van der Waals surface area contributed by atoms with Crippen LogP contribution in [-0.4, -0.2) is 12.1 Å². The quantitative estimate of drug-likeness (QED) is 0.644. The molecule has 2 N–H and O–H groups in total. The standard InChI is InChI=1S/C15H21NO2/c1-10-4-3-5-13(8-10)18-15(17)12-7-6-11(2)14(16)9-12/h6-7,9-10,13H,3-5,8,16H2,1-2H3. The summed E-state index contributed by atoms with van der Waals surface area (Å²) in [4.78, 5) is 12.0. The number of carbonyl (C=O) groups excluding carboxylic acids is 1. The van der Waals surface area contributed by atoms with Crippen molar-refractivity contribution >= 4 is 11.7 Å². The second-order valence-corrected chi connectivity index (χ2v) is 5.37. The lowest BCUT2D eigenvalue weighted by Gasteiger charge is -2.26. The number of hydrogen-bond donors (Lipinski definition) is 1. The highest BCUT2D eigenvalue weighted by atomic mass is 16.5. The minimum absolute atomic E-state index is 0.0729. The molecular weight excluding hydrogens is 226 g/mol. The monoisotopic (exact) mass is 247 g/mol. The van der Waals surface area contributed by atoms with Crippen molar-refractivity contribution in [3.63, 3.8) is 0 Å². The number of benzene rings is 1. The second-order valence-electron chi connectivity index (χ2n) is 5.37. The molecule has 0 aliphatic heterocycles. The van der Waals surface area contributed by atoms with Crippen LogP contribution in [0.4, 0.5) is 5.69 Å². The van der Waals surface area contributed by atoms with Gasteiger partial charge in [0.25, 0.3) is 0 Å². The van der Waals surface area contributed by atoms with Gasteiger partial charge in [-0.2, -0.15) is 0 Å². The van der Waals surface area contributed by atoms with Crippen molar-refractivity contribution in [2.75, 3.05) is 5.73 Å². The van der Waals surface area contributed by atoms with Gasteiger partial charge in [0.1, 0.15) is 6.10 Å². The largest absolute Gasteiger partial charge is 0.459 e. The molecule has 2 rings (SSSR count). The fourth-order valence-corrected chi connectivity index (χ4v) is 2.47. The van der Waals surface area contributed by atoms with Gasteiger partial charge in [-0.3, -0.25) is 0 Å². The van der Waals surface area contributed by atoms with Gasteiger partial charge >= 0.3 is 5.97 Å². The number of rotatable bonds is 2. The van der Waals surface area contributed by atoms with Crippen molar-refractivity contribution in [3.05, 3.63) is 29.3 Å². The molecule has 0 amide bonds. The van der Waals surface area contributed by atoms with Gasteiger partial charge < -0.3 is 10.5 Å². The van der Waals surface area contributed by atoms with Crippen LogP contribution in [-0.2, 0) is 4.74 Å². The van der Waals surface area contributed by atoms with Crippen molar-refractivity contribution in [2.45, 2.75) is 45.6 Å². The van der Waals surface area contributed by atoms with E-state index in [1.807, 2.05) is 13.0 Å². The molecule has 18 heavy (non-hydrogen) atoms. The van der Waals surface area contributed by atoms with Crippen LogP contribution >= 0.6 is 0 Å². The summed E-state index contributed by atoms with van der Waals surface area (Å²) in [5, 5.41) is 0. The van der Waals surface area contributed by atoms with Crippen molar-refractivity contribution in [1.29, 1.82) is 0 Å². The predicted octanol–water partition coefficient (Wildman–Crippen LogP) is 3.31. The Morgan fingerprint density at radius 1 is 1.39 bits per heavy atom. The lowest BCUT2D eigenvalue weighted by Crippen LogP contribution is -2.24. The van der Waals surface area contributed by atoms with Crippen LogP contribution in [0.1, 0.15) is 48.5 Å². The Morgan fingerprint density at radius 3 is 2.83 bits per heavy atom. The third-order valence-corrected chi connectivity index (χ3v) is 3.68. The van der Waals surface area contributed by atoms with E-state index in [4.69, 9.17) is 10.5 Å². The number of nitrogen functional groups attached to an aromatic ring is 1. The maximum absolute atomic E-state index is 12.0. The minimum Gasteiger partial charge on any atom is -0.459 e. The molecule has 2 atom stereocenters. The third kappa shape index (κ3) is 3.03. The van der Waals surface area contributed by atoms with Crippen LogP contribution in [0.3, 0.4) is 0 Å².